The van der Waals surface area contributed by atoms with Gasteiger partial charge in [-0.05, 0) is 50.2 Å². The van der Waals surface area contributed by atoms with E-state index in [4.69, 9.17) is 5.73 Å². The van der Waals surface area contributed by atoms with Crippen LogP contribution in [0.5, 0.6) is 0 Å². The van der Waals surface area contributed by atoms with Gasteiger partial charge in [0.1, 0.15) is 5.82 Å². The fraction of sp³-hybridized carbons (Fsp3) is 0.688. The fourth-order valence-corrected chi connectivity index (χ4v) is 3.10. The predicted octanol–water partition coefficient (Wildman–Crippen LogP) is 2.84. The van der Waals surface area contributed by atoms with Crippen LogP contribution < -0.4 is 10.6 Å². The normalized spacial score (nSPS) is 29.3. The van der Waals surface area contributed by atoms with Crippen molar-refractivity contribution in [3.05, 3.63) is 23.9 Å². The number of pyridine rings is 1. The molecule has 1 aromatic rings. The zero-order valence-electron chi connectivity index (χ0n) is 12.6. The van der Waals surface area contributed by atoms with Crippen molar-refractivity contribution >= 4 is 5.82 Å². The Morgan fingerprint density at radius 2 is 2.11 bits per heavy atom. The van der Waals surface area contributed by atoms with Gasteiger partial charge in [0, 0.05) is 24.8 Å². The smallest absolute Gasteiger partial charge is 0.128 e. The summed E-state index contributed by atoms with van der Waals surface area (Å²) in [6, 6.07) is 5.09. The van der Waals surface area contributed by atoms with Gasteiger partial charge in [-0.15, -0.1) is 0 Å². The molecule has 3 heteroatoms. The maximum absolute atomic E-state index is 5.83. The van der Waals surface area contributed by atoms with Gasteiger partial charge < -0.3 is 10.6 Å². The van der Waals surface area contributed by atoms with Crippen molar-refractivity contribution in [1.29, 1.82) is 0 Å². The first kappa shape index (κ1) is 14.3. The second-order valence-corrected chi connectivity index (χ2v) is 6.42. The molecular formula is C16H27N3. The van der Waals surface area contributed by atoms with Crippen LogP contribution in [0, 0.1) is 11.8 Å². The van der Waals surface area contributed by atoms with Gasteiger partial charge in [0.15, 0.2) is 0 Å². The minimum atomic E-state index is 0.196. The minimum absolute atomic E-state index is 0.196. The lowest BCUT2D eigenvalue weighted by Gasteiger charge is -2.41. The number of nitrogens with zero attached hydrogens (tertiary/aromatic N) is 2. The second kappa shape index (κ2) is 5.91. The van der Waals surface area contributed by atoms with Crippen LogP contribution in [-0.4, -0.2) is 23.6 Å². The van der Waals surface area contributed by atoms with Crippen molar-refractivity contribution in [3.8, 4) is 0 Å². The molecule has 0 radical (unpaired) electrons. The third-order valence-corrected chi connectivity index (χ3v) is 4.26. The largest absolute Gasteiger partial charge is 0.353 e. The Kier molecular flexibility index (Phi) is 4.46. The third kappa shape index (κ3) is 3.47. The van der Waals surface area contributed by atoms with Crippen molar-refractivity contribution in [3.63, 3.8) is 0 Å². The SMILES string of the molecule is CC(N)Cc1ccc(N2CC(C)CC(C)C2C)nc1. The summed E-state index contributed by atoms with van der Waals surface area (Å²) in [4.78, 5) is 7.10. The lowest BCUT2D eigenvalue weighted by atomic mass is 9.86. The van der Waals surface area contributed by atoms with E-state index in [2.05, 4.69) is 42.8 Å². The summed E-state index contributed by atoms with van der Waals surface area (Å²) >= 11 is 0. The molecule has 1 aliphatic heterocycles. The number of aromatic nitrogens is 1. The molecule has 1 saturated heterocycles. The van der Waals surface area contributed by atoms with E-state index in [9.17, 15) is 0 Å². The van der Waals surface area contributed by atoms with Crippen molar-refractivity contribution in [2.45, 2.75) is 52.6 Å². The molecule has 0 spiro atoms. The van der Waals surface area contributed by atoms with Crippen molar-refractivity contribution < 1.29 is 0 Å². The minimum Gasteiger partial charge on any atom is -0.353 e. The lowest BCUT2D eigenvalue weighted by Crippen LogP contribution is -2.46. The van der Waals surface area contributed by atoms with Crippen LogP contribution in [0.3, 0.4) is 0 Å². The Bertz CT molecular complexity index is 399. The number of nitrogens with two attached hydrogens (primary N) is 1. The average Bonchev–Trinajstić information content (AvgIpc) is 2.34. The zero-order chi connectivity index (χ0) is 14.0. The summed E-state index contributed by atoms with van der Waals surface area (Å²) in [5.41, 5.74) is 7.05. The standard InChI is InChI=1S/C16H27N3/c1-11-7-12(2)14(4)19(10-11)16-6-5-15(9-18-16)8-13(3)17/h5-6,9,11-14H,7-8,10,17H2,1-4H3. The fourth-order valence-electron chi connectivity index (χ4n) is 3.10. The van der Waals surface area contributed by atoms with Crippen molar-refractivity contribution in [2.75, 3.05) is 11.4 Å². The van der Waals surface area contributed by atoms with E-state index < -0.39 is 0 Å². The van der Waals surface area contributed by atoms with E-state index in [1.165, 1.54) is 12.0 Å². The molecule has 0 saturated carbocycles. The quantitative estimate of drug-likeness (QED) is 0.909. The molecule has 2 rings (SSSR count). The molecule has 1 fully saturated rings. The maximum atomic E-state index is 5.83. The Morgan fingerprint density at radius 3 is 2.68 bits per heavy atom. The number of hydrogen-bond donors (Lipinski definition) is 1. The highest BCUT2D eigenvalue weighted by Gasteiger charge is 2.29. The molecule has 0 amide bonds. The lowest BCUT2D eigenvalue weighted by molar-refractivity contribution is 0.295. The van der Waals surface area contributed by atoms with Gasteiger partial charge in [-0.3, -0.25) is 0 Å². The Hall–Kier alpha value is -1.09. The van der Waals surface area contributed by atoms with Gasteiger partial charge in [0.2, 0.25) is 0 Å². The first-order chi connectivity index (χ1) is 8.97. The van der Waals surface area contributed by atoms with Crippen LogP contribution in [0.15, 0.2) is 18.3 Å². The van der Waals surface area contributed by atoms with Gasteiger partial charge in [-0.1, -0.05) is 19.9 Å². The summed E-state index contributed by atoms with van der Waals surface area (Å²) in [6.07, 6.45) is 4.20. The third-order valence-electron chi connectivity index (χ3n) is 4.26. The average molecular weight is 261 g/mol. The van der Waals surface area contributed by atoms with Crippen LogP contribution in [0.2, 0.25) is 0 Å². The van der Waals surface area contributed by atoms with Crippen LogP contribution >= 0.6 is 0 Å². The predicted molar refractivity (Wildman–Crippen MR) is 81.3 cm³/mol. The topological polar surface area (TPSA) is 42.1 Å². The summed E-state index contributed by atoms with van der Waals surface area (Å²) < 4.78 is 0. The van der Waals surface area contributed by atoms with Gasteiger partial charge in [0.25, 0.3) is 0 Å². The molecule has 0 aliphatic carbocycles. The molecule has 1 aliphatic rings. The summed E-state index contributed by atoms with van der Waals surface area (Å²) in [6.45, 7) is 10.1. The molecular weight excluding hydrogens is 234 g/mol. The Balaban J connectivity index is 2.12. The van der Waals surface area contributed by atoms with Crippen LogP contribution in [0.25, 0.3) is 0 Å². The molecule has 0 aromatic carbocycles. The maximum Gasteiger partial charge on any atom is 0.128 e. The molecule has 3 nitrogen and oxygen atoms in total. The second-order valence-electron chi connectivity index (χ2n) is 6.42. The molecule has 2 N–H and O–H groups in total. The molecule has 2 heterocycles. The summed E-state index contributed by atoms with van der Waals surface area (Å²) in [5.74, 6) is 2.59. The van der Waals surface area contributed by atoms with E-state index in [1.807, 2.05) is 13.1 Å². The van der Waals surface area contributed by atoms with Crippen molar-refractivity contribution in [1.82, 2.24) is 4.98 Å². The molecule has 4 atom stereocenters. The van der Waals surface area contributed by atoms with E-state index in [1.54, 1.807) is 0 Å². The number of anilines is 1. The van der Waals surface area contributed by atoms with Crippen molar-refractivity contribution in [2.24, 2.45) is 17.6 Å². The highest BCUT2D eigenvalue weighted by molar-refractivity contribution is 5.41. The van der Waals surface area contributed by atoms with Gasteiger partial charge in [-0.25, -0.2) is 4.98 Å². The zero-order valence-corrected chi connectivity index (χ0v) is 12.6. The molecule has 1 aromatic heterocycles. The van der Waals surface area contributed by atoms with E-state index in [0.717, 1.165) is 30.6 Å². The van der Waals surface area contributed by atoms with Crippen LogP contribution in [-0.2, 0) is 6.42 Å². The number of hydrogen-bond acceptors (Lipinski definition) is 3. The number of piperidine rings is 1. The first-order valence-electron chi connectivity index (χ1n) is 7.44. The molecule has 106 valence electrons. The summed E-state index contributed by atoms with van der Waals surface area (Å²) in [7, 11) is 0. The monoisotopic (exact) mass is 261 g/mol. The van der Waals surface area contributed by atoms with Gasteiger partial charge >= 0.3 is 0 Å². The van der Waals surface area contributed by atoms with Crippen LogP contribution in [0.1, 0.15) is 39.7 Å². The van der Waals surface area contributed by atoms with E-state index in [0.29, 0.717) is 6.04 Å². The number of rotatable bonds is 3. The van der Waals surface area contributed by atoms with E-state index >= 15 is 0 Å². The van der Waals surface area contributed by atoms with E-state index in [-0.39, 0.29) is 6.04 Å². The Morgan fingerprint density at radius 1 is 1.37 bits per heavy atom. The highest BCUT2D eigenvalue weighted by Crippen LogP contribution is 2.30. The van der Waals surface area contributed by atoms with Gasteiger partial charge in [0.05, 0.1) is 0 Å². The molecule has 0 bridgehead atoms. The molecule has 19 heavy (non-hydrogen) atoms. The first-order valence-corrected chi connectivity index (χ1v) is 7.44. The molecule has 4 unspecified atom stereocenters. The Labute approximate surface area is 117 Å². The van der Waals surface area contributed by atoms with Crippen LogP contribution in [0.4, 0.5) is 5.82 Å². The highest BCUT2D eigenvalue weighted by atomic mass is 15.2. The summed E-state index contributed by atoms with van der Waals surface area (Å²) in [5, 5.41) is 0. The van der Waals surface area contributed by atoms with Gasteiger partial charge in [-0.2, -0.15) is 0 Å².